The zero-order chi connectivity index (χ0) is 23.8. The van der Waals surface area contributed by atoms with Crippen molar-refractivity contribution in [1.29, 1.82) is 0 Å². The number of carbonyl (C=O) groups is 3. The molecule has 0 aromatic heterocycles. The molecular weight excluding hydrogens is 434 g/mol. The Bertz CT molecular complexity index is 1040. The minimum Gasteiger partial charge on any atom is -0.462 e. The van der Waals surface area contributed by atoms with Gasteiger partial charge in [-0.05, 0) is 29.8 Å². The van der Waals surface area contributed by atoms with Crippen molar-refractivity contribution in [2.75, 3.05) is 13.2 Å². The van der Waals surface area contributed by atoms with Crippen LogP contribution in [-0.2, 0) is 20.8 Å². The number of hydrogen-bond donors (Lipinski definition) is 1. The number of alkyl carbamates (subject to hydrolysis) is 1. The quantitative estimate of drug-likeness (QED) is 0.380. The van der Waals surface area contributed by atoms with Gasteiger partial charge in [0.1, 0.15) is 6.61 Å². The van der Waals surface area contributed by atoms with Gasteiger partial charge in [0.25, 0.3) is 0 Å². The van der Waals surface area contributed by atoms with Crippen LogP contribution < -0.4 is 5.32 Å². The molecule has 7 nitrogen and oxygen atoms in total. The molecule has 1 aliphatic rings. The molecule has 1 fully saturated rings. The largest absolute Gasteiger partial charge is 0.462 e. The van der Waals surface area contributed by atoms with Gasteiger partial charge in [0, 0.05) is 17.9 Å². The van der Waals surface area contributed by atoms with Crippen LogP contribution in [0.2, 0.25) is 0 Å². The smallest absolute Gasteiger partial charge is 0.407 e. The molecule has 34 heavy (non-hydrogen) atoms. The molecule has 2 atom stereocenters. The van der Waals surface area contributed by atoms with E-state index in [-0.39, 0.29) is 37.7 Å². The highest BCUT2D eigenvalue weighted by molar-refractivity contribution is 5.89. The first-order chi connectivity index (χ1) is 16.6. The average Bonchev–Trinajstić information content (AvgIpc) is 3.56. The minimum absolute atomic E-state index is 0.0882. The molecule has 0 saturated heterocycles. The maximum atomic E-state index is 12.3. The van der Waals surface area contributed by atoms with Crippen LogP contribution in [0.4, 0.5) is 4.79 Å². The molecule has 174 valence electrons. The lowest BCUT2D eigenvalue weighted by molar-refractivity contribution is 0.0419. The highest BCUT2D eigenvalue weighted by atomic mass is 16.6. The van der Waals surface area contributed by atoms with Gasteiger partial charge < -0.3 is 19.5 Å². The Morgan fingerprint density at radius 3 is 1.53 bits per heavy atom. The number of carbonyl (C=O) groups excluding carboxylic acids is 3. The summed E-state index contributed by atoms with van der Waals surface area (Å²) < 4.78 is 16.2. The van der Waals surface area contributed by atoms with E-state index in [9.17, 15) is 14.4 Å². The summed E-state index contributed by atoms with van der Waals surface area (Å²) in [6.07, 6.45) is -0.579. The standard InChI is InChI=1S/C27H25NO6/c29-25(20-12-6-2-7-13-20)32-17-22-23(18-33-26(30)21-14-8-3-9-15-21)24(22)28-27(31)34-16-19-10-4-1-5-11-19/h1-15,22-24H,16-18H2,(H,28,31)/t22-,23-/m1/s1. The van der Waals surface area contributed by atoms with Crippen molar-refractivity contribution in [2.24, 2.45) is 11.8 Å². The van der Waals surface area contributed by atoms with Gasteiger partial charge in [0.05, 0.1) is 24.3 Å². The number of nitrogens with one attached hydrogen (secondary N) is 1. The van der Waals surface area contributed by atoms with E-state index < -0.39 is 18.0 Å². The molecule has 7 heteroatoms. The summed E-state index contributed by atoms with van der Waals surface area (Å²) >= 11 is 0. The first-order valence-corrected chi connectivity index (χ1v) is 11.0. The lowest BCUT2D eigenvalue weighted by atomic mass is 10.2. The molecular formula is C27H25NO6. The average molecular weight is 459 g/mol. The SMILES string of the molecule is O=C(NC1[C@H](COC(=O)c2ccccc2)[C@H]1COC(=O)c1ccccc1)OCc1ccccc1. The van der Waals surface area contributed by atoms with Gasteiger partial charge in [-0.25, -0.2) is 14.4 Å². The molecule has 4 rings (SSSR count). The Balaban J connectivity index is 1.32. The fourth-order valence-electron chi connectivity index (χ4n) is 3.67. The highest BCUT2D eigenvalue weighted by Crippen LogP contribution is 2.40. The highest BCUT2D eigenvalue weighted by Gasteiger charge is 2.53. The number of esters is 2. The summed E-state index contributed by atoms with van der Waals surface area (Å²) in [6.45, 7) is 0.316. The molecule has 0 spiro atoms. The normalized spacial score (nSPS) is 18.4. The van der Waals surface area contributed by atoms with E-state index in [2.05, 4.69) is 5.32 Å². The summed E-state index contributed by atoms with van der Waals surface area (Å²) in [7, 11) is 0. The minimum atomic E-state index is -0.579. The molecule has 0 aliphatic heterocycles. The summed E-state index contributed by atoms with van der Waals surface area (Å²) in [4.78, 5) is 36.9. The van der Waals surface area contributed by atoms with Crippen molar-refractivity contribution >= 4 is 18.0 Å². The van der Waals surface area contributed by atoms with E-state index >= 15 is 0 Å². The molecule has 1 N–H and O–H groups in total. The third kappa shape index (κ3) is 6.22. The van der Waals surface area contributed by atoms with E-state index in [0.29, 0.717) is 11.1 Å². The van der Waals surface area contributed by atoms with Crippen molar-refractivity contribution in [3.05, 3.63) is 108 Å². The lowest BCUT2D eigenvalue weighted by Gasteiger charge is -2.08. The molecule has 0 heterocycles. The monoisotopic (exact) mass is 459 g/mol. The molecule has 1 aliphatic carbocycles. The first kappa shape index (κ1) is 23.0. The van der Waals surface area contributed by atoms with E-state index in [1.807, 2.05) is 42.5 Å². The zero-order valence-corrected chi connectivity index (χ0v) is 18.5. The Morgan fingerprint density at radius 2 is 1.06 bits per heavy atom. The van der Waals surface area contributed by atoms with Crippen LogP contribution in [0.3, 0.4) is 0 Å². The summed E-state index contributed by atoms with van der Waals surface area (Å²) in [6, 6.07) is 26.4. The number of ether oxygens (including phenoxy) is 3. The second-order valence-electron chi connectivity index (χ2n) is 7.99. The molecule has 0 radical (unpaired) electrons. The predicted molar refractivity (Wildman–Crippen MR) is 124 cm³/mol. The summed E-state index contributed by atoms with van der Waals surface area (Å²) in [5.41, 5.74) is 1.76. The molecule has 3 aromatic carbocycles. The van der Waals surface area contributed by atoms with E-state index in [1.54, 1.807) is 48.5 Å². The van der Waals surface area contributed by atoms with Crippen LogP contribution in [0.5, 0.6) is 0 Å². The van der Waals surface area contributed by atoms with Gasteiger partial charge in [-0.1, -0.05) is 66.7 Å². The van der Waals surface area contributed by atoms with E-state index in [4.69, 9.17) is 14.2 Å². The van der Waals surface area contributed by atoms with Gasteiger partial charge in [-0.2, -0.15) is 0 Å². The van der Waals surface area contributed by atoms with Gasteiger partial charge in [0.15, 0.2) is 0 Å². The van der Waals surface area contributed by atoms with Crippen LogP contribution in [0.15, 0.2) is 91.0 Å². The fourth-order valence-corrected chi connectivity index (χ4v) is 3.67. The topological polar surface area (TPSA) is 90.9 Å². The second kappa shape index (κ2) is 11.1. The summed E-state index contributed by atoms with van der Waals surface area (Å²) in [5, 5.41) is 2.81. The number of amides is 1. The fraction of sp³-hybridized carbons (Fsp3) is 0.222. The van der Waals surface area contributed by atoms with E-state index in [1.165, 1.54) is 0 Å². The van der Waals surface area contributed by atoms with E-state index in [0.717, 1.165) is 5.56 Å². The number of rotatable bonds is 9. The maximum absolute atomic E-state index is 12.3. The van der Waals surface area contributed by atoms with Gasteiger partial charge >= 0.3 is 18.0 Å². The summed E-state index contributed by atoms with van der Waals surface area (Å²) in [5.74, 6) is -1.28. The second-order valence-corrected chi connectivity index (χ2v) is 7.99. The van der Waals surface area contributed by atoms with Gasteiger partial charge in [-0.3, -0.25) is 0 Å². The van der Waals surface area contributed by atoms with Crippen LogP contribution in [0, 0.1) is 11.8 Å². The molecule has 1 saturated carbocycles. The Labute approximate surface area is 197 Å². The Kier molecular flexibility index (Phi) is 7.55. The number of hydrogen-bond acceptors (Lipinski definition) is 6. The lowest BCUT2D eigenvalue weighted by Crippen LogP contribution is -2.29. The van der Waals surface area contributed by atoms with Crippen molar-refractivity contribution in [2.45, 2.75) is 12.6 Å². The zero-order valence-electron chi connectivity index (χ0n) is 18.5. The maximum Gasteiger partial charge on any atom is 0.407 e. The van der Waals surface area contributed by atoms with Crippen LogP contribution in [-0.4, -0.2) is 37.3 Å². The van der Waals surface area contributed by atoms with Crippen LogP contribution >= 0.6 is 0 Å². The number of benzene rings is 3. The van der Waals surface area contributed by atoms with Gasteiger partial charge in [-0.15, -0.1) is 0 Å². The van der Waals surface area contributed by atoms with Crippen molar-refractivity contribution in [1.82, 2.24) is 5.32 Å². The Morgan fingerprint density at radius 1 is 0.618 bits per heavy atom. The predicted octanol–water partition coefficient (Wildman–Crippen LogP) is 4.24. The van der Waals surface area contributed by atoms with Crippen molar-refractivity contribution in [3.8, 4) is 0 Å². The third-order valence-electron chi connectivity index (χ3n) is 5.66. The molecule has 0 bridgehead atoms. The van der Waals surface area contributed by atoms with Crippen LogP contribution in [0.1, 0.15) is 26.3 Å². The van der Waals surface area contributed by atoms with Gasteiger partial charge in [0.2, 0.25) is 0 Å². The van der Waals surface area contributed by atoms with Crippen molar-refractivity contribution < 1.29 is 28.6 Å². The molecule has 0 unspecified atom stereocenters. The molecule has 3 aromatic rings. The van der Waals surface area contributed by atoms with Crippen LogP contribution in [0.25, 0.3) is 0 Å². The first-order valence-electron chi connectivity index (χ1n) is 11.0. The molecule has 1 amide bonds. The van der Waals surface area contributed by atoms with Crippen molar-refractivity contribution in [3.63, 3.8) is 0 Å². The Hall–Kier alpha value is -4.13. The third-order valence-corrected chi connectivity index (χ3v) is 5.66.